The van der Waals surface area contributed by atoms with Gasteiger partial charge in [0.05, 0.1) is 22.4 Å². The van der Waals surface area contributed by atoms with Gasteiger partial charge >= 0.3 is 11.9 Å². The normalized spacial score (nSPS) is 17.9. The number of carbonyl (C=O) groups excluding carboxylic acids is 1. The summed E-state index contributed by atoms with van der Waals surface area (Å²) < 4.78 is 1.33. The first-order chi connectivity index (χ1) is 16.8. The Balaban J connectivity index is 1.48. The average molecular weight is 492 g/mol. The van der Waals surface area contributed by atoms with Gasteiger partial charge in [-0.15, -0.1) is 11.3 Å². The van der Waals surface area contributed by atoms with Crippen molar-refractivity contribution in [3.63, 3.8) is 0 Å². The van der Waals surface area contributed by atoms with Crippen LogP contribution in [0.15, 0.2) is 53.5 Å². The fraction of sp³-hybridized carbons (Fsp3) is 0.240. The van der Waals surface area contributed by atoms with Crippen LogP contribution in [0, 0.1) is 5.92 Å². The lowest BCUT2D eigenvalue weighted by Gasteiger charge is -2.26. The fourth-order valence-corrected chi connectivity index (χ4v) is 5.35. The minimum Gasteiger partial charge on any atom is -0.481 e. The maximum atomic E-state index is 13.3. The number of fused-ring (bicyclic) bond motifs is 2. The van der Waals surface area contributed by atoms with Crippen LogP contribution in [0.1, 0.15) is 45.7 Å². The SMILES string of the molecule is O=C(O)c1ccc(-c2ccc3nc4c(C(=O)N[C@H]5CC[C@@H](C(=O)O)CC5)cccn4c(=O)c3c2)s1. The summed E-state index contributed by atoms with van der Waals surface area (Å²) in [6, 6.07) is 11.5. The zero-order valence-corrected chi connectivity index (χ0v) is 19.2. The molecule has 1 amide bonds. The number of pyridine rings is 1. The fourth-order valence-electron chi connectivity index (χ4n) is 4.51. The summed E-state index contributed by atoms with van der Waals surface area (Å²) in [5.74, 6) is -2.54. The third-order valence-corrected chi connectivity index (χ3v) is 7.52. The van der Waals surface area contributed by atoms with Gasteiger partial charge in [0.25, 0.3) is 11.5 Å². The molecule has 1 aliphatic rings. The molecule has 35 heavy (non-hydrogen) atoms. The molecule has 9 nitrogen and oxygen atoms in total. The van der Waals surface area contributed by atoms with E-state index in [2.05, 4.69) is 10.3 Å². The van der Waals surface area contributed by atoms with Crippen molar-refractivity contribution in [2.45, 2.75) is 31.7 Å². The highest BCUT2D eigenvalue weighted by Crippen LogP contribution is 2.30. The van der Waals surface area contributed by atoms with E-state index in [0.29, 0.717) is 42.1 Å². The number of thiophene rings is 1. The van der Waals surface area contributed by atoms with Crippen LogP contribution in [0.4, 0.5) is 0 Å². The molecule has 1 fully saturated rings. The third kappa shape index (κ3) is 4.28. The Hall–Kier alpha value is -4.05. The second kappa shape index (κ2) is 8.95. The number of amides is 1. The molecule has 178 valence electrons. The van der Waals surface area contributed by atoms with Gasteiger partial charge in [0.2, 0.25) is 0 Å². The van der Waals surface area contributed by atoms with Crippen LogP contribution in [0.25, 0.3) is 27.0 Å². The standard InChI is InChI=1S/C25H21N3O6S/c29-22(26-15-6-3-13(4-7-15)24(31)32)16-2-1-11-28-21(16)27-18-8-5-14(12-17(18)23(28)30)19-9-10-20(35-19)25(33)34/h1-2,5,8-13,15H,3-4,6-7H2,(H,26,29)(H,31,32)(H,33,34)/t13-,15+. The van der Waals surface area contributed by atoms with Gasteiger partial charge in [-0.05, 0) is 67.6 Å². The Kier molecular flexibility index (Phi) is 5.81. The van der Waals surface area contributed by atoms with Crippen LogP contribution in [0.3, 0.4) is 0 Å². The zero-order valence-electron chi connectivity index (χ0n) is 18.4. The summed E-state index contributed by atoms with van der Waals surface area (Å²) in [6.45, 7) is 0. The number of benzene rings is 1. The molecule has 0 atom stereocenters. The lowest BCUT2D eigenvalue weighted by atomic mass is 9.86. The predicted molar refractivity (Wildman–Crippen MR) is 130 cm³/mol. The topological polar surface area (TPSA) is 138 Å². The summed E-state index contributed by atoms with van der Waals surface area (Å²) in [7, 11) is 0. The van der Waals surface area contributed by atoms with E-state index >= 15 is 0 Å². The number of aromatic nitrogens is 2. The lowest BCUT2D eigenvalue weighted by Crippen LogP contribution is -2.39. The molecule has 3 aromatic heterocycles. The monoisotopic (exact) mass is 491 g/mol. The quantitative estimate of drug-likeness (QED) is 0.362. The van der Waals surface area contributed by atoms with Crippen LogP contribution < -0.4 is 10.9 Å². The molecule has 0 bridgehead atoms. The molecule has 1 aromatic carbocycles. The van der Waals surface area contributed by atoms with Crippen molar-refractivity contribution in [3.8, 4) is 10.4 Å². The van der Waals surface area contributed by atoms with Crippen molar-refractivity contribution in [3.05, 3.63) is 69.5 Å². The van der Waals surface area contributed by atoms with Gasteiger partial charge in [0.1, 0.15) is 4.88 Å². The summed E-state index contributed by atoms with van der Waals surface area (Å²) >= 11 is 1.12. The molecule has 1 aliphatic carbocycles. The van der Waals surface area contributed by atoms with Gasteiger partial charge in [0.15, 0.2) is 5.65 Å². The highest BCUT2D eigenvalue weighted by molar-refractivity contribution is 7.17. The Morgan fingerprint density at radius 3 is 2.49 bits per heavy atom. The van der Waals surface area contributed by atoms with Crippen molar-refractivity contribution in [2.75, 3.05) is 0 Å². The Morgan fingerprint density at radius 1 is 1.03 bits per heavy atom. The lowest BCUT2D eigenvalue weighted by molar-refractivity contribution is -0.142. The number of carbonyl (C=O) groups is 3. The van der Waals surface area contributed by atoms with E-state index in [1.54, 1.807) is 42.6 Å². The minimum atomic E-state index is -1.00. The van der Waals surface area contributed by atoms with Crippen molar-refractivity contribution >= 4 is 45.7 Å². The number of hydrogen-bond donors (Lipinski definition) is 3. The summed E-state index contributed by atoms with van der Waals surface area (Å²) in [5, 5.41) is 21.7. The molecule has 0 saturated heterocycles. The van der Waals surface area contributed by atoms with Crippen LogP contribution in [-0.4, -0.2) is 43.5 Å². The van der Waals surface area contributed by atoms with E-state index in [0.717, 1.165) is 16.2 Å². The molecule has 3 N–H and O–H groups in total. The third-order valence-electron chi connectivity index (χ3n) is 6.40. The van der Waals surface area contributed by atoms with Gasteiger partial charge in [-0.25, -0.2) is 9.78 Å². The maximum Gasteiger partial charge on any atom is 0.345 e. The maximum absolute atomic E-state index is 13.3. The van der Waals surface area contributed by atoms with E-state index in [9.17, 15) is 24.3 Å². The van der Waals surface area contributed by atoms with Gasteiger partial charge in [-0.3, -0.25) is 18.8 Å². The van der Waals surface area contributed by atoms with E-state index < -0.39 is 11.9 Å². The number of aliphatic carboxylic acids is 1. The first-order valence-electron chi connectivity index (χ1n) is 11.1. The molecular formula is C25H21N3O6S. The van der Waals surface area contributed by atoms with E-state index in [-0.39, 0.29) is 39.5 Å². The number of nitrogens with zero attached hydrogens (tertiary/aromatic N) is 2. The minimum absolute atomic E-state index is 0.130. The van der Waals surface area contributed by atoms with Gasteiger partial charge < -0.3 is 15.5 Å². The van der Waals surface area contributed by atoms with Crippen LogP contribution in [0.2, 0.25) is 0 Å². The largest absolute Gasteiger partial charge is 0.481 e. The highest BCUT2D eigenvalue weighted by Gasteiger charge is 2.27. The van der Waals surface area contributed by atoms with E-state index in [4.69, 9.17) is 5.11 Å². The van der Waals surface area contributed by atoms with Crippen molar-refractivity contribution in [1.82, 2.24) is 14.7 Å². The van der Waals surface area contributed by atoms with E-state index in [1.807, 2.05) is 0 Å². The van der Waals surface area contributed by atoms with E-state index in [1.165, 1.54) is 10.5 Å². The van der Waals surface area contributed by atoms with Crippen LogP contribution in [-0.2, 0) is 4.79 Å². The molecule has 0 aliphatic heterocycles. The average Bonchev–Trinajstić information content (AvgIpc) is 3.35. The number of carboxylic acid groups (broad SMARTS) is 2. The molecule has 5 rings (SSSR count). The smallest absolute Gasteiger partial charge is 0.345 e. The molecule has 4 aromatic rings. The van der Waals surface area contributed by atoms with Crippen molar-refractivity contribution in [1.29, 1.82) is 0 Å². The van der Waals surface area contributed by atoms with Crippen LogP contribution >= 0.6 is 11.3 Å². The van der Waals surface area contributed by atoms with Gasteiger partial charge in [0, 0.05) is 17.1 Å². The van der Waals surface area contributed by atoms with Crippen molar-refractivity contribution < 1.29 is 24.6 Å². The predicted octanol–water partition coefficient (Wildman–Crippen LogP) is 3.65. The first-order valence-corrected chi connectivity index (χ1v) is 12.0. The number of rotatable bonds is 5. The van der Waals surface area contributed by atoms with Crippen molar-refractivity contribution in [2.24, 2.45) is 5.92 Å². The second-order valence-corrected chi connectivity index (χ2v) is 9.68. The summed E-state index contributed by atoms with van der Waals surface area (Å²) in [5.41, 5.74) is 1.30. The number of nitrogens with one attached hydrogen (secondary N) is 1. The molecule has 0 radical (unpaired) electrons. The zero-order chi connectivity index (χ0) is 24.7. The molecular weight excluding hydrogens is 470 g/mol. The molecule has 3 heterocycles. The molecule has 0 unspecified atom stereocenters. The molecule has 1 saturated carbocycles. The number of aromatic carboxylic acids is 1. The molecule has 10 heteroatoms. The van der Waals surface area contributed by atoms with Gasteiger partial charge in [-0.1, -0.05) is 6.07 Å². The Labute approximate surface area is 202 Å². The number of hydrogen-bond acceptors (Lipinski definition) is 6. The van der Waals surface area contributed by atoms with Crippen LogP contribution in [0.5, 0.6) is 0 Å². The second-order valence-electron chi connectivity index (χ2n) is 8.59. The summed E-state index contributed by atoms with van der Waals surface area (Å²) in [6.07, 6.45) is 3.74. The van der Waals surface area contributed by atoms with Gasteiger partial charge in [-0.2, -0.15) is 0 Å². The highest BCUT2D eigenvalue weighted by atomic mass is 32.1. The Morgan fingerprint density at radius 2 is 1.80 bits per heavy atom. The number of carboxylic acids is 2. The summed E-state index contributed by atoms with van der Waals surface area (Å²) in [4.78, 5) is 54.2. The molecule has 0 spiro atoms. The first kappa shape index (κ1) is 22.7. The Bertz CT molecular complexity index is 1550.